The Balaban J connectivity index is 2.68. The minimum Gasteiger partial charge on any atom is -0.462 e. The second-order valence-electron chi connectivity index (χ2n) is 3.47. The van der Waals surface area contributed by atoms with Crippen molar-refractivity contribution in [1.82, 2.24) is 0 Å². The molecule has 0 aliphatic carbocycles. The van der Waals surface area contributed by atoms with Gasteiger partial charge in [-0.25, -0.2) is 9.18 Å². The van der Waals surface area contributed by atoms with Gasteiger partial charge in [0.15, 0.2) is 0 Å². The fourth-order valence-corrected chi connectivity index (χ4v) is 1.18. The van der Waals surface area contributed by atoms with Crippen molar-refractivity contribution < 1.29 is 13.9 Å². The van der Waals surface area contributed by atoms with Crippen LogP contribution >= 0.6 is 0 Å². The third-order valence-corrected chi connectivity index (χ3v) is 2.07. The molecule has 0 N–H and O–H groups in total. The summed E-state index contributed by atoms with van der Waals surface area (Å²) in [6, 6.07) is 4.41. The molecule has 82 valence electrons. The summed E-state index contributed by atoms with van der Waals surface area (Å²) in [4.78, 5) is 11.4. The van der Waals surface area contributed by atoms with Gasteiger partial charge in [-0.1, -0.05) is 25.0 Å². The van der Waals surface area contributed by atoms with E-state index in [2.05, 4.69) is 0 Å². The molecule has 0 aliphatic rings. The molecule has 0 amide bonds. The summed E-state index contributed by atoms with van der Waals surface area (Å²) in [5.41, 5.74) is 0.866. The van der Waals surface area contributed by atoms with Gasteiger partial charge < -0.3 is 4.74 Å². The van der Waals surface area contributed by atoms with E-state index >= 15 is 0 Å². The number of unbranched alkanes of at least 4 members (excludes halogenated alkanes) is 1. The first-order valence-electron chi connectivity index (χ1n) is 5.08. The van der Waals surface area contributed by atoms with E-state index in [-0.39, 0.29) is 5.56 Å². The largest absolute Gasteiger partial charge is 0.462 e. The van der Waals surface area contributed by atoms with Crippen molar-refractivity contribution in [2.75, 3.05) is 6.61 Å². The Bertz CT molecular complexity index is 347. The van der Waals surface area contributed by atoms with E-state index in [0.29, 0.717) is 6.61 Å². The molecule has 0 bridgehead atoms. The molecule has 2 nitrogen and oxygen atoms in total. The molecule has 15 heavy (non-hydrogen) atoms. The van der Waals surface area contributed by atoms with Crippen LogP contribution in [0.1, 0.15) is 35.7 Å². The molecule has 0 unspecified atom stereocenters. The molecule has 3 heteroatoms. The maximum Gasteiger partial charge on any atom is 0.341 e. The number of hydrogen-bond acceptors (Lipinski definition) is 2. The molecule has 0 spiro atoms. The molecule has 0 radical (unpaired) electrons. The fraction of sp³-hybridized carbons (Fsp3) is 0.417. The van der Waals surface area contributed by atoms with Gasteiger partial charge in [0.1, 0.15) is 5.82 Å². The number of carbonyl (C=O) groups is 1. The lowest BCUT2D eigenvalue weighted by molar-refractivity contribution is 0.0494. The van der Waals surface area contributed by atoms with Crippen LogP contribution in [0.5, 0.6) is 0 Å². The normalized spacial score (nSPS) is 10.1. The minimum atomic E-state index is -0.579. The number of halogens is 1. The molecule has 0 aliphatic heterocycles. The summed E-state index contributed by atoms with van der Waals surface area (Å²) in [6.07, 6.45) is 1.75. The molecule has 0 saturated carbocycles. The van der Waals surface area contributed by atoms with E-state index in [9.17, 15) is 9.18 Å². The van der Waals surface area contributed by atoms with Gasteiger partial charge in [-0.15, -0.1) is 0 Å². The predicted molar refractivity (Wildman–Crippen MR) is 56.3 cm³/mol. The van der Waals surface area contributed by atoms with Crippen LogP contribution in [0.3, 0.4) is 0 Å². The van der Waals surface area contributed by atoms with E-state index in [0.717, 1.165) is 18.4 Å². The van der Waals surface area contributed by atoms with Gasteiger partial charge in [0.25, 0.3) is 0 Å². The lowest BCUT2D eigenvalue weighted by Crippen LogP contribution is -2.08. The van der Waals surface area contributed by atoms with Crippen LogP contribution < -0.4 is 0 Å². The Kier molecular flexibility index (Phi) is 4.28. The van der Waals surface area contributed by atoms with Crippen molar-refractivity contribution in [1.29, 1.82) is 0 Å². The zero-order valence-electron chi connectivity index (χ0n) is 9.05. The monoisotopic (exact) mass is 210 g/mol. The molecule has 0 heterocycles. The maximum atomic E-state index is 13.2. The van der Waals surface area contributed by atoms with Crippen LogP contribution in [0.15, 0.2) is 18.2 Å². The first kappa shape index (κ1) is 11.7. The van der Waals surface area contributed by atoms with Gasteiger partial charge in [0.2, 0.25) is 0 Å². The van der Waals surface area contributed by atoms with E-state index in [1.807, 2.05) is 13.8 Å². The highest BCUT2D eigenvalue weighted by atomic mass is 19.1. The van der Waals surface area contributed by atoms with Gasteiger partial charge >= 0.3 is 5.97 Å². The summed E-state index contributed by atoms with van der Waals surface area (Å²) in [5.74, 6) is -1.10. The predicted octanol–water partition coefficient (Wildman–Crippen LogP) is 3.09. The Morgan fingerprint density at radius 3 is 2.87 bits per heavy atom. The van der Waals surface area contributed by atoms with E-state index in [1.54, 1.807) is 6.07 Å². The van der Waals surface area contributed by atoms with Gasteiger partial charge in [-0.2, -0.15) is 0 Å². The van der Waals surface area contributed by atoms with Crippen LogP contribution in [0.2, 0.25) is 0 Å². The van der Waals surface area contributed by atoms with Crippen molar-refractivity contribution in [2.45, 2.75) is 26.7 Å². The molecule has 0 aromatic heterocycles. The summed E-state index contributed by atoms with van der Waals surface area (Å²) in [7, 11) is 0. The van der Waals surface area contributed by atoms with Crippen LogP contribution in [0.25, 0.3) is 0 Å². The number of benzene rings is 1. The second-order valence-corrected chi connectivity index (χ2v) is 3.47. The van der Waals surface area contributed by atoms with Gasteiger partial charge in [0, 0.05) is 0 Å². The Morgan fingerprint density at radius 2 is 2.20 bits per heavy atom. The topological polar surface area (TPSA) is 26.3 Å². The average Bonchev–Trinajstić information content (AvgIpc) is 2.22. The molecule has 0 fully saturated rings. The zero-order chi connectivity index (χ0) is 11.3. The van der Waals surface area contributed by atoms with E-state index in [4.69, 9.17) is 4.74 Å². The van der Waals surface area contributed by atoms with E-state index < -0.39 is 11.8 Å². The average molecular weight is 210 g/mol. The molecular weight excluding hydrogens is 195 g/mol. The van der Waals surface area contributed by atoms with Gasteiger partial charge in [0.05, 0.1) is 12.2 Å². The lowest BCUT2D eigenvalue weighted by Gasteiger charge is -2.05. The number of hydrogen-bond donors (Lipinski definition) is 0. The third-order valence-electron chi connectivity index (χ3n) is 2.07. The Hall–Kier alpha value is -1.38. The van der Waals surface area contributed by atoms with Crippen LogP contribution in [-0.2, 0) is 4.74 Å². The Labute approximate surface area is 89.1 Å². The zero-order valence-corrected chi connectivity index (χ0v) is 9.05. The minimum absolute atomic E-state index is 0.0195. The maximum absolute atomic E-state index is 13.2. The quantitative estimate of drug-likeness (QED) is 0.564. The van der Waals surface area contributed by atoms with Gasteiger partial charge in [-0.3, -0.25) is 0 Å². The molecule has 0 atom stereocenters. The first-order valence-corrected chi connectivity index (χ1v) is 5.08. The molecular formula is C12H15FO2. The summed E-state index contributed by atoms with van der Waals surface area (Å²) < 4.78 is 18.2. The number of ether oxygens (including phenoxy) is 1. The van der Waals surface area contributed by atoms with Crippen LogP contribution in [-0.4, -0.2) is 12.6 Å². The molecule has 0 saturated heterocycles. The molecule has 1 aromatic rings. The summed E-state index contributed by atoms with van der Waals surface area (Å²) in [5, 5.41) is 0. The smallest absolute Gasteiger partial charge is 0.341 e. The second kappa shape index (κ2) is 5.49. The van der Waals surface area contributed by atoms with Crippen molar-refractivity contribution in [3.63, 3.8) is 0 Å². The Morgan fingerprint density at radius 1 is 1.47 bits per heavy atom. The number of carbonyl (C=O) groups excluding carboxylic acids is 1. The SMILES string of the molecule is CCCCOC(=O)c1cc(C)ccc1F. The molecule has 1 aromatic carbocycles. The number of rotatable bonds is 4. The van der Waals surface area contributed by atoms with E-state index in [1.165, 1.54) is 12.1 Å². The van der Waals surface area contributed by atoms with Crippen LogP contribution in [0.4, 0.5) is 4.39 Å². The number of esters is 1. The summed E-state index contributed by atoms with van der Waals surface area (Å²) in [6.45, 7) is 4.16. The third kappa shape index (κ3) is 3.35. The van der Waals surface area contributed by atoms with Crippen LogP contribution in [0, 0.1) is 12.7 Å². The van der Waals surface area contributed by atoms with Crippen molar-refractivity contribution in [2.24, 2.45) is 0 Å². The fourth-order valence-electron chi connectivity index (χ4n) is 1.18. The highest BCUT2D eigenvalue weighted by Gasteiger charge is 2.12. The first-order chi connectivity index (χ1) is 7.15. The molecule has 1 rings (SSSR count). The highest BCUT2D eigenvalue weighted by molar-refractivity contribution is 5.89. The summed E-state index contributed by atoms with van der Waals surface area (Å²) >= 11 is 0. The lowest BCUT2D eigenvalue weighted by atomic mass is 10.1. The highest BCUT2D eigenvalue weighted by Crippen LogP contribution is 2.11. The van der Waals surface area contributed by atoms with Crippen molar-refractivity contribution in [3.05, 3.63) is 35.1 Å². The van der Waals surface area contributed by atoms with Crippen molar-refractivity contribution in [3.8, 4) is 0 Å². The van der Waals surface area contributed by atoms with Gasteiger partial charge in [-0.05, 0) is 25.5 Å². The van der Waals surface area contributed by atoms with Crippen molar-refractivity contribution >= 4 is 5.97 Å². The standard InChI is InChI=1S/C12H15FO2/c1-3-4-7-15-12(14)10-8-9(2)5-6-11(10)13/h5-6,8H,3-4,7H2,1-2H3. The number of aryl methyl sites for hydroxylation is 1.